The molecule has 7 heteroatoms. The number of carbonyl (C=O) groups excluding carboxylic acids is 1. The Morgan fingerprint density at radius 3 is 2.19 bits per heavy atom. The van der Waals surface area contributed by atoms with Gasteiger partial charge in [-0.15, -0.1) is 0 Å². The summed E-state index contributed by atoms with van der Waals surface area (Å²) in [6.45, 7) is 9.23. The van der Waals surface area contributed by atoms with Crippen molar-refractivity contribution in [2.45, 2.75) is 33.7 Å². The molecule has 2 aromatic carbocycles. The number of nitrogens with zero attached hydrogens (tertiary/aromatic N) is 2. The van der Waals surface area contributed by atoms with E-state index in [9.17, 15) is 4.79 Å². The second kappa shape index (κ2) is 13.2. The Kier molecular flexibility index (Phi) is 10.4. The normalized spacial score (nSPS) is 11.1. The molecule has 0 aliphatic rings. The van der Waals surface area contributed by atoms with Crippen molar-refractivity contribution in [2.24, 2.45) is 4.99 Å². The van der Waals surface area contributed by atoms with Gasteiger partial charge in [-0.3, -0.25) is 4.79 Å². The monoisotopic (exact) mass is 440 g/mol. The predicted molar refractivity (Wildman–Crippen MR) is 130 cm³/mol. The van der Waals surface area contributed by atoms with E-state index >= 15 is 0 Å². The van der Waals surface area contributed by atoms with E-state index in [2.05, 4.69) is 21.7 Å². The SMILES string of the molecule is CCNC(=NCc1ccc(C(=O)N(C)C)cc1)NCCc1ccc(OCC)c(OCC)c1. The third-order valence-corrected chi connectivity index (χ3v) is 4.68. The molecule has 0 heterocycles. The minimum absolute atomic E-state index is 0.00293. The zero-order chi connectivity index (χ0) is 23.3. The summed E-state index contributed by atoms with van der Waals surface area (Å²) >= 11 is 0. The van der Waals surface area contributed by atoms with E-state index in [0.717, 1.165) is 42.5 Å². The van der Waals surface area contributed by atoms with Crippen LogP contribution < -0.4 is 20.1 Å². The summed E-state index contributed by atoms with van der Waals surface area (Å²) in [5, 5.41) is 6.66. The smallest absolute Gasteiger partial charge is 0.253 e. The van der Waals surface area contributed by atoms with Gasteiger partial charge in [0.1, 0.15) is 0 Å². The number of carbonyl (C=O) groups is 1. The average molecular weight is 441 g/mol. The number of nitrogens with one attached hydrogen (secondary N) is 2. The van der Waals surface area contributed by atoms with Crippen LogP contribution >= 0.6 is 0 Å². The lowest BCUT2D eigenvalue weighted by Gasteiger charge is -2.14. The Hall–Kier alpha value is -3.22. The summed E-state index contributed by atoms with van der Waals surface area (Å²) in [7, 11) is 3.50. The summed E-state index contributed by atoms with van der Waals surface area (Å²) in [6.07, 6.45) is 0.832. The van der Waals surface area contributed by atoms with E-state index in [1.807, 2.05) is 57.2 Å². The second-order valence-corrected chi connectivity index (χ2v) is 7.42. The van der Waals surface area contributed by atoms with Gasteiger partial charge in [0.2, 0.25) is 0 Å². The van der Waals surface area contributed by atoms with Crippen molar-refractivity contribution >= 4 is 11.9 Å². The molecular formula is C25H36N4O3. The number of rotatable bonds is 11. The first kappa shape index (κ1) is 25.0. The van der Waals surface area contributed by atoms with Crippen LogP contribution in [0.2, 0.25) is 0 Å². The van der Waals surface area contributed by atoms with Crippen LogP contribution in [0.5, 0.6) is 11.5 Å². The first-order valence-electron chi connectivity index (χ1n) is 11.2. The highest BCUT2D eigenvalue weighted by Gasteiger charge is 2.08. The third-order valence-electron chi connectivity index (χ3n) is 4.68. The highest BCUT2D eigenvalue weighted by molar-refractivity contribution is 5.93. The fourth-order valence-electron chi connectivity index (χ4n) is 3.10. The van der Waals surface area contributed by atoms with E-state index in [1.165, 1.54) is 5.56 Å². The van der Waals surface area contributed by atoms with Gasteiger partial charge < -0.3 is 25.0 Å². The molecule has 0 radical (unpaired) electrons. The molecule has 0 atom stereocenters. The molecule has 32 heavy (non-hydrogen) atoms. The molecule has 174 valence electrons. The van der Waals surface area contributed by atoms with Gasteiger partial charge in [-0.2, -0.15) is 0 Å². The van der Waals surface area contributed by atoms with E-state index in [0.29, 0.717) is 25.3 Å². The maximum Gasteiger partial charge on any atom is 0.253 e. The maximum atomic E-state index is 12.0. The van der Waals surface area contributed by atoms with Gasteiger partial charge in [-0.05, 0) is 62.6 Å². The zero-order valence-corrected chi connectivity index (χ0v) is 19.9. The van der Waals surface area contributed by atoms with E-state index in [1.54, 1.807) is 19.0 Å². The molecule has 7 nitrogen and oxygen atoms in total. The van der Waals surface area contributed by atoms with Crippen molar-refractivity contribution in [3.63, 3.8) is 0 Å². The van der Waals surface area contributed by atoms with Crippen LogP contribution in [0.15, 0.2) is 47.5 Å². The van der Waals surface area contributed by atoms with Gasteiger partial charge in [-0.25, -0.2) is 4.99 Å². The summed E-state index contributed by atoms with van der Waals surface area (Å²) in [5.74, 6) is 2.32. The van der Waals surface area contributed by atoms with Crippen molar-refractivity contribution < 1.29 is 14.3 Å². The third kappa shape index (κ3) is 7.80. The molecule has 0 saturated carbocycles. The van der Waals surface area contributed by atoms with E-state index in [4.69, 9.17) is 9.47 Å². The standard InChI is InChI=1S/C25H36N4O3/c1-6-26-25(28-18-20-9-12-21(13-10-20)24(30)29(4)5)27-16-15-19-11-14-22(31-7-2)23(17-19)32-8-3/h9-14,17H,6-8,15-16,18H2,1-5H3,(H2,26,27,28). The van der Waals surface area contributed by atoms with Crippen molar-refractivity contribution in [1.82, 2.24) is 15.5 Å². The predicted octanol–water partition coefficient (Wildman–Crippen LogP) is 3.48. The van der Waals surface area contributed by atoms with Gasteiger partial charge in [0.15, 0.2) is 17.5 Å². The highest BCUT2D eigenvalue weighted by Crippen LogP contribution is 2.28. The van der Waals surface area contributed by atoms with Crippen LogP contribution in [-0.4, -0.2) is 57.2 Å². The highest BCUT2D eigenvalue weighted by atomic mass is 16.5. The summed E-state index contributed by atoms with van der Waals surface area (Å²) in [5.41, 5.74) is 2.89. The molecule has 0 saturated heterocycles. The number of hydrogen-bond donors (Lipinski definition) is 2. The summed E-state index contributed by atoms with van der Waals surface area (Å²) in [6, 6.07) is 13.6. The molecule has 0 aromatic heterocycles. The van der Waals surface area contributed by atoms with Crippen LogP contribution in [0.4, 0.5) is 0 Å². The van der Waals surface area contributed by atoms with Crippen LogP contribution in [0.3, 0.4) is 0 Å². The molecule has 0 unspecified atom stereocenters. The summed E-state index contributed by atoms with van der Waals surface area (Å²) in [4.78, 5) is 18.3. The number of hydrogen-bond acceptors (Lipinski definition) is 4. The molecule has 0 fully saturated rings. The second-order valence-electron chi connectivity index (χ2n) is 7.42. The molecule has 0 bridgehead atoms. The fourth-order valence-corrected chi connectivity index (χ4v) is 3.10. The van der Waals surface area contributed by atoms with E-state index in [-0.39, 0.29) is 5.91 Å². The first-order chi connectivity index (χ1) is 15.5. The van der Waals surface area contributed by atoms with Crippen LogP contribution in [0, 0.1) is 0 Å². The Morgan fingerprint density at radius 1 is 0.906 bits per heavy atom. The number of amides is 1. The number of benzene rings is 2. The Labute approximate surface area is 191 Å². The van der Waals surface area contributed by atoms with Gasteiger partial charge in [0.05, 0.1) is 19.8 Å². The average Bonchev–Trinajstić information content (AvgIpc) is 2.79. The minimum atomic E-state index is -0.00293. The molecular weight excluding hydrogens is 404 g/mol. The lowest BCUT2D eigenvalue weighted by Crippen LogP contribution is -2.38. The molecule has 0 aliphatic carbocycles. The van der Waals surface area contributed by atoms with Crippen molar-refractivity contribution in [2.75, 3.05) is 40.4 Å². The van der Waals surface area contributed by atoms with Crippen LogP contribution in [0.1, 0.15) is 42.3 Å². The molecule has 2 rings (SSSR count). The molecule has 2 N–H and O–H groups in total. The number of ether oxygens (including phenoxy) is 2. The molecule has 0 aliphatic heterocycles. The van der Waals surface area contributed by atoms with Crippen molar-refractivity contribution in [3.8, 4) is 11.5 Å². The largest absolute Gasteiger partial charge is 0.490 e. The Morgan fingerprint density at radius 2 is 1.56 bits per heavy atom. The zero-order valence-electron chi connectivity index (χ0n) is 19.9. The minimum Gasteiger partial charge on any atom is -0.490 e. The molecule has 2 aromatic rings. The first-order valence-corrected chi connectivity index (χ1v) is 11.2. The number of guanidine groups is 1. The topological polar surface area (TPSA) is 75.2 Å². The summed E-state index contributed by atoms with van der Waals surface area (Å²) < 4.78 is 11.3. The van der Waals surface area contributed by atoms with Gasteiger partial charge in [0, 0.05) is 32.7 Å². The Bertz CT molecular complexity index is 879. The van der Waals surface area contributed by atoms with E-state index < -0.39 is 0 Å². The fraction of sp³-hybridized carbons (Fsp3) is 0.440. The van der Waals surface area contributed by atoms with Gasteiger partial charge in [0.25, 0.3) is 5.91 Å². The maximum absolute atomic E-state index is 12.0. The lowest BCUT2D eigenvalue weighted by atomic mass is 10.1. The number of aliphatic imine (C=N–C) groups is 1. The van der Waals surface area contributed by atoms with Crippen LogP contribution in [0.25, 0.3) is 0 Å². The molecule has 1 amide bonds. The van der Waals surface area contributed by atoms with Crippen LogP contribution in [-0.2, 0) is 13.0 Å². The van der Waals surface area contributed by atoms with Crippen molar-refractivity contribution in [1.29, 1.82) is 0 Å². The Balaban J connectivity index is 1.95. The van der Waals surface area contributed by atoms with Gasteiger partial charge in [-0.1, -0.05) is 18.2 Å². The van der Waals surface area contributed by atoms with Crippen molar-refractivity contribution in [3.05, 3.63) is 59.2 Å². The van der Waals surface area contributed by atoms with Gasteiger partial charge >= 0.3 is 0 Å². The lowest BCUT2D eigenvalue weighted by molar-refractivity contribution is 0.0827. The molecule has 0 spiro atoms. The quantitative estimate of drug-likeness (QED) is 0.413.